The molecule has 0 atom stereocenters. The average Bonchev–Trinajstić information content (AvgIpc) is 2.49. The van der Waals surface area contributed by atoms with Gasteiger partial charge >= 0.3 is 15.6 Å². The van der Waals surface area contributed by atoms with E-state index < -0.39 is 15.6 Å². The maximum Gasteiger partial charge on any atom is 0.522 e. The van der Waals surface area contributed by atoms with Gasteiger partial charge in [-0.3, -0.25) is 4.55 Å². The van der Waals surface area contributed by atoms with E-state index in [1.807, 2.05) is 6.08 Å². The largest absolute Gasteiger partial charge is 0.522 e. The Hall–Kier alpha value is -1.22. The molecule has 0 spiro atoms. The van der Waals surface area contributed by atoms with E-state index in [0.717, 1.165) is 13.2 Å². The van der Waals surface area contributed by atoms with Crippen LogP contribution < -0.4 is 0 Å². The average molecular weight is 274 g/mol. The van der Waals surface area contributed by atoms with Crippen molar-refractivity contribution < 1.29 is 26.1 Å². The molecule has 0 saturated carbocycles. The molecule has 1 rings (SSSR count). The van der Waals surface area contributed by atoms with Gasteiger partial charge in [-0.15, -0.1) is 6.58 Å². The molecule has 0 aromatic carbocycles. The van der Waals surface area contributed by atoms with Crippen LogP contribution in [0.3, 0.4) is 0 Å². The van der Waals surface area contributed by atoms with Crippen molar-refractivity contribution in [3.05, 3.63) is 25.1 Å². The van der Waals surface area contributed by atoms with Crippen LogP contribution in [0.15, 0.2) is 25.1 Å². The normalized spacial score (nSPS) is 15.6. The second kappa shape index (κ2) is 5.92. The minimum atomic E-state index is -5.84. The monoisotopic (exact) mass is 274 g/mol. The van der Waals surface area contributed by atoms with Crippen LogP contribution in [0.1, 0.15) is 0 Å². The van der Waals surface area contributed by atoms with Crippen molar-refractivity contribution >= 4 is 10.1 Å². The molecule has 0 bridgehead atoms. The molecule has 1 aliphatic heterocycles. The molecule has 5 nitrogen and oxygen atoms in total. The van der Waals surface area contributed by atoms with Crippen LogP contribution in [0.2, 0.25) is 0 Å². The Kier molecular flexibility index (Phi) is 5.49. The number of halogens is 3. The summed E-state index contributed by atoms with van der Waals surface area (Å²) in [5, 5.41) is 0. The zero-order valence-corrected chi connectivity index (χ0v) is 9.87. The standard InChI is InChI=1S/C7H12N2.CHF3O3S/c1-3-4-9-6-5-8(2)7-9;2-1(3,4)8(5,6)7/h3,5-6H,1,4,7H2,2H3;(H,5,6,7). The smallest absolute Gasteiger partial charge is 0.362 e. The fourth-order valence-electron chi connectivity index (χ4n) is 0.873. The zero-order chi connectivity index (χ0) is 13.7. The molecule has 1 heterocycles. The lowest BCUT2D eigenvalue weighted by Crippen LogP contribution is -2.21. The van der Waals surface area contributed by atoms with Gasteiger partial charge < -0.3 is 9.80 Å². The summed E-state index contributed by atoms with van der Waals surface area (Å²) in [6, 6.07) is 0. The Morgan fingerprint density at radius 2 is 1.94 bits per heavy atom. The van der Waals surface area contributed by atoms with Gasteiger partial charge in [0.1, 0.15) is 0 Å². The Morgan fingerprint density at radius 3 is 2.18 bits per heavy atom. The third kappa shape index (κ3) is 6.17. The summed E-state index contributed by atoms with van der Waals surface area (Å²) < 4.78 is 57.5. The maximum atomic E-state index is 10.7. The molecular weight excluding hydrogens is 261 g/mol. The quantitative estimate of drug-likeness (QED) is 0.466. The Labute approximate surface area is 97.6 Å². The van der Waals surface area contributed by atoms with Crippen LogP contribution in [0.4, 0.5) is 13.2 Å². The molecule has 0 unspecified atom stereocenters. The Morgan fingerprint density at radius 1 is 1.47 bits per heavy atom. The fraction of sp³-hybridized carbons (Fsp3) is 0.500. The number of hydrogen-bond donors (Lipinski definition) is 1. The molecule has 0 amide bonds. The van der Waals surface area contributed by atoms with Gasteiger partial charge in [0, 0.05) is 26.0 Å². The SMILES string of the molecule is C=CCN1C=CN(C)C1.O=S(=O)(O)C(F)(F)F. The summed E-state index contributed by atoms with van der Waals surface area (Å²) in [6.07, 6.45) is 6.04. The van der Waals surface area contributed by atoms with Crippen molar-refractivity contribution in [2.45, 2.75) is 5.51 Å². The molecule has 1 aliphatic rings. The summed E-state index contributed by atoms with van der Waals surface area (Å²) in [5.74, 6) is 0. The third-order valence-corrected chi connectivity index (χ3v) is 2.18. The van der Waals surface area contributed by atoms with Crippen molar-refractivity contribution in [2.24, 2.45) is 0 Å². The molecule has 0 aromatic heterocycles. The summed E-state index contributed by atoms with van der Waals surface area (Å²) in [7, 11) is -3.79. The Balaban J connectivity index is 0.000000304. The van der Waals surface area contributed by atoms with Crippen molar-refractivity contribution in [1.29, 1.82) is 0 Å². The van der Waals surface area contributed by atoms with Gasteiger partial charge in [-0.1, -0.05) is 6.08 Å². The molecule has 1 N–H and O–H groups in total. The van der Waals surface area contributed by atoms with E-state index in [1.165, 1.54) is 0 Å². The number of nitrogens with zero attached hydrogens (tertiary/aromatic N) is 2. The minimum Gasteiger partial charge on any atom is -0.362 e. The second-order valence-electron chi connectivity index (χ2n) is 3.18. The van der Waals surface area contributed by atoms with Crippen LogP contribution in [-0.4, -0.2) is 48.5 Å². The van der Waals surface area contributed by atoms with E-state index in [2.05, 4.69) is 35.8 Å². The highest BCUT2D eigenvalue weighted by Crippen LogP contribution is 2.20. The van der Waals surface area contributed by atoms with E-state index in [-0.39, 0.29) is 0 Å². The van der Waals surface area contributed by atoms with Gasteiger partial charge in [-0.25, -0.2) is 0 Å². The molecule has 9 heteroatoms. The summed E-state index contributed by atoms with van der Waals surface area (Å²) >= 11 is 0. The molecule has 0 saturated heterocycles. The van der Waals surface area contributed by atoms with Crippen molar-refractivity contribution in [3.63, 3.8) is 0 Å². The lowest BCUT2D eigenvalue weighted by atomic mass is 10.6. The van der Waals surface area contributed by atoms with Crippen molar-refractivity contribution in [2.75, 3.05) is 20.3 Å². The molecule has 0 aliphatic carbocycles. The van der Waals surface area contributed by atoms with Crippen LogP contribution in [-0.2, 0) is 10.1 Å². The van der Waals surface area contributed by atoms with E-state index >= 15 is 0 Å². The first-order chi connectivity index (χ1) is 7.58. The molecule has 100 valence electrons. The summed E-state index contributed by atoms with van der Waals surface area (Å²) in [4.78, 5) is 4.32. The van der Waals surface area contributed by atoms with Gasteiger partial charge in [0.15, 0.2) is 0 Å². The van der Waals surface area contributed by atoms with E-state index in [0.29, 0.717) is 0 Å². The summed E-state index contributed by atoms with van der Waals surface area (Å²) in [6.45, 7) is 5.59. The first-order valence-electron chi connectivity index (χ1n) is 4.35. The number of alkyl halides is 3. The van der Waals surface area contributed by atoms with Crippen LogP contribution >= 0.6 is 0 Å². The lowest BCUT2D eigenvalue weighted by molar-refractivity contribution is -0.0510. The predicted molar refractivity (Wildman–Crippen MR) is 56.3 cm³/mol. The fourth-order valence-corrected chi connectivity index (χ4v) is 0.873. The van der Waals surface area contributed by atoms with Gasteiger partial charge in [-0.2, -0.15) is 21.6 Å². The topological polar surface area (TPSA) is 60.9 Å². The van der Waals surface area contributed by atoms with Gasteiger partial charge in [0.2, 0.25) is 0 Å². The lowest BCUT2D eigenvalue weighted by Gasteiger charge is -2.15. The van der Waals surface area contributed by atoms with Gasteiger partial charge in [0.05, 0.1) is 6.67 Å². The molecule has 17 heavy (non-hydrogen) atoms. The second-order valence-corrected chi connectivity index (χ2v) is 4.59. The van der Waals surface area contributed by atoms with Crippen LogP contribution in [0.25, 0.3) is 0 Å². The van der Waals surface area contributed by atoms with Crippen molar-refractivity contribution in [1.82, 2.24) is 9.80 Å². The van der Waals surface area contributed by atoms with Gasteiger partial charge in [-0.05, 0) is 0 Å². The zero-order valence-electron chi connectivity index (χ0n) is 9.05. The molecule has 0 aromatic rings. The van der Waals surface area contributed by atoms with Crippen LogP contribution in [0, 0.1) is 0 Å². The maximum absolute atomic E-state index is 10.7. The molecule has 0 fully saturated rings. The van der Waals surface area contributed by atoms with E-state index in [4.69, 9.17) is 13.0 Å². The van der Waals surface area contributed by atoms with Gasteiger partial charge in [0.25, 0.3) is 0 Å². The van der Waals surface area contributed by atoms with E-state index in [9.17, 15) is 13.2 Å². The highest BCUT2D eigenvalue weighted by atomic mass is 32.2. The third-order valence-electron chi connectivity index (χ3n) is 1.59. The highest BCUT2D eigenvalue weighted by molar-refractivity contribution is 7.86. The van der Waals surface area contributed by atoms with Crippen LogP contribution in [0.5, 0.6) is 0 Å². The Bertz CT molecular complexity index is 378. The molecule has 0 radical (unpaired) electrons. The number of rotatable bonds is 2. The number of hydrogen-bond acceptors (Lipinski definition) is 4. The summed E-state index contributed by atoms with van der Waals surface area (Å²) in [5.41, 5.74) is -5.53. The first-order valence-corrected chi connectivity index (χ1v) is 5.79. The van der Waals surface area contributed by atoms with Crippen molar-refractivity contribution in [3.8, 4) is 0 Å². The molecular formula is C8H13F3N2O3S. The minimum absolute atomic E-state index is 0.945. The predicted octanol–water partition coefficient (Wildman–Crippen LogP) is 1.24. The highest BCUT2D eigenvalue weighted by Gasteiger charge is 2.44. The van der Waals surface area contributed by atoms with E-state index in [1.54, 1.807) is 0 Å². The first kappa shape index (κ1) is 15.8.